The van der Waals surface area contributed by atoms with Crippen molar-refractivity contribution in [3.8, 4) is 5.75 Å². The first-order valence-electron chi connectivity index (χ1n) is 6.46. The molecular formula is C15H23NO2. The fraction of sp³-hybridized carbons (Fsp3) is 0.533. The highest BCUT2D eigenvalue weighted by Gasteiger charge is 2.20. The van der Waals surface area contributed by atoms with Gasteiger partial charge in [-0.1, -0.05) is 12.1 Å². The van der Waals surface area contributed by atoms with Gasteiger partial charge in [-0.15, -0.1) is 0 Å². The van der Waals surface area contributed by atoms with E-state index in [-0.39, 0.29) is 11.5 Å². The maximum Gasteiger partial charge on any atom is 0.257 e. The Hall–Kier alpha value is -1.51. The zero-order valence-electron chi connectivity index (χ0n) is 12.0. The molecule has 0 heterocycles. The van der Waals surface area contributed by atoms with E-state index in [0.29, 0.717) is 24.4 Å². The van der Waals surface area contributed by atoms with Crippen LogP contribution in [-0.4, -0.2) is 29.5 Å². The molecule has 0 aliphatic rings. The molecule has 0 saturated carbocycles. The van der Waals surface area contributed by atoms with Crippen LogP contribution in [0.15, 0.2) is 24.3 Å². The summed E-state index contributed by atoms with van der Waals surface area (Å²) in [4.78, 5) is 14.2. The highest BCUT2D eigenvalue weighted by Crippen LogP contribution is 2.24. The SMILES string of the molecule is CCN(CC)C(=O)c1ccccc1OC(C)(C)C. The van der Waals surface area contributed by atoms with Crippen molar-refractivity contribution < 1.29 is 9.53 Å². The Morgan fingerprint density at radius 3 is 2.22 bits per heavy atom. The molecule has 0 aromatic heterocycles. The minimum absolute atomic E-state index is 0.0276. The van der Waals surface area contributed by atoms with Gasteiger partial charge in [0.2, 0.25) is 0 Å². The van der Waals surface area contributed by atoms with Crippen molar-refractivity contribution in [1.29, 1.82) is 0 Å². The topological polar surface area (TPSA) is 29.5 Å². The third kappa shape index (κ3) is 3.76. The lowest BCUT2D eigenvalue weighted by Gasteiger charge is -2.25. The molecule has 0 spiro atoms. The molecule has 0 aliphatic carbocycles. The molecule has 0 atom stereocenters. The van der Waals surface area contributed by atoms with Crippen LogP contribution in [0.4, 0.5) is 0 Å². The Bertz CT molecular complexity index is 403. The third-order valence-electron chi connectivity index (χ3n) is 2.58. The van der Waals surface area contributed by atoms with E-state index in [0.717, 1.165) is 0 Å². The highest BCUT2D eigenvalue weighted by molar-refractivity contribution is 5.96. The van der Waals surface area contributed by atoms with E-state index in [1.54, 1.807) is 4.90 Å². The summed E-state index contributed by atoms with van der Waals surface area (Å²) in [5.41, 5.74) is 0.329. The van der Waals surface area contributed by atoms with Crippen LogP contribution < -0.4 is 4.74 Å². The number of ether oxygens (including phenoxy) is 1. The minimum atomic E-state index is -0.306. The lowest BCUT2D eigenvalue weighted by Crippen LogP contribution is -2.32. The Balaban J connectivity index is 3.05. The van der Waals surface area contributed by atoms with Crippen LogP contribution in [0.25, 0.3) is 0 Å². The van der Waals surface area contributed by atoms with Crippen LogP contribution >= 0.6 is 0 Å². The van der Waals surface area contributed by atoms with Gasteiger partial charge in [0, 0.05) is 13.1 Å². The van der Waals surface area contributed by atoms with E-state index in [1.807, 2.05) is 58.9 Å². The van der Waals surface area contributed by atoms with Gasteiger partial charge in [-0.2, -0.15) is 0 Å². The fourth-order valence-corrected chi connectivity index (χ4v) is 1.74. The molecule has 0 unspecified atom stereocenters. The van der Waals surface area contributed by atoms with Gasteiger partial charge in [-0.3, -0.25) is 4.79 Å². The van der Waals surface area contributed by atoms with Gasteiger partial charge in [0.25, 0.3) is 5.91 Å². The van der Waals surface area contributed by atoms with E-state index in [4.69, 9.17) is 4.74 Å². The molecule has 0 bridgehead atoms. The monoisotopic (exact) mass is 249 g/mol. The maximum atomic E-state index is 12.4. The van der Waals surface area contributed by atoms with Crippen molar-refractivity contribution in [2.75, 3.05) is 13.1 Å². The summed E-state index contributed by atoms with van der Waals surface area (Å²) < 4.78 is 5.85. The second-order valence-electron chi connectivity index (χ2n) is 5.19. The lowest BCUT2D eigenvalue weighted by molar-refractivity contribution is 0.0756. The summed E-state index contributed by atoms with van der Waals surface area (Å²) in [7, 11) is 0. The normalized spacial score (nSPS) is 11.2. The van der Waals surface area contributed by atoms with Gasteiger partial charge >= 0.3 is 0 Å². The first kappa shape index (κ1) is 14.6. The molecule has 1 aromatic carbocycles. The average molecular weight is 249 g/mol. The Labute approximate surface area is 110 Å². The van der Waals surface area contributed by atoms with Crippen molar-refractivity contribution in [2.45, 2.75) is 40.2 Å². The number of nitrogens with zero attached hydrogens (tertiary/aromatic N) is 1. The molecule has 1 rings (SSSR count). The number of amides is 1. The predicted octanol–water partition coefficient (Wildman–Crippen LogP) is 3.35. The molecule has 0 saturated heterocycles. The van der Waals surface area contributed by atoms with E-state index in [9.17, 15) is 4.79 Å². The van der Waals surface area contributed by atoms with Crippen molar-refractivity contribution in [2.24, 2.45) is 0 Å². The summed E-state index contributed by atoms with van der Waals surface area (Å²) in [6.45, 7) is 11.3. The second kappa shape index (κ2) is 5.89. The number of hydrogen-bond acceptors (Lipinski definition) is 2. The van der Waals surface area contributed by atoms with Crippen LogP contribution in [0.3, 0.4) is 0 Å². The van der Waals surface area contributed by atoms with Crippen molar-refractivity contribution in [3.63, 3.8) is 0 Å². The number of hydrogen-bond donors (Lipinski definition) is 0. The maximum absolute atomic E-state index is 12.4. The number of rotatable bonds is 4. The van der Waals surface area contributed by atoms with Crippen LogP contribution in [0.5, 0.6) is 5.75 Å². The highest BCUT2D eigenvalue weighted by atomic mass is 16.5. The summed E-state index contributed by atoms with van der Waals surface area (Å²) in [5.74, 6) is 0.682. The average Bonchev–Trinajstić information content (AvgIpc) is 2.29. The van der Waals surface area contributed by atoms with E-state index in [2.05, 4.69) is 0 Å². The van der Waals surface area contributed by atoms with Gasteiger partial charge in [0.05, 0.1) is 5.56 Å². The summed E-state index contributed by atoms with van der Waals surface area (Å²) in [6, 6.07) is 7.43. The van der Waals surface area contributed by atoms with Crippen LogP contribution in [0, 0.1) is 0 Å². The van der Waals surface area contributed by atoms with Crippen LogP contribution in [-0.2, 0) is 0 Å². The largest absolute Gasteiger partial charge is 0.487 e. The van der Waals surface area contributed by atoms with Crippen LogP contribution in [0.1, 0.15) is 45.0 Å². The van der Waals surface area contributed by atoms with E-state index >= 15 is 0 Å². The van der Waals surface area contributed by atoms with Crippen molar-refractivity contribution >= 4 is 5.91 Å². The minimum Gasteiger partial charge on any atom is -0.487 e. The molecule has 0 radical (unpaired) electrons. The molecule has 0 fully saturated rings. The predicted molar refractivity (Wildman–Crippen MR) is 74.1 cm³/mol. The Kier molecular flexibility index (Phi) is 4.76. The molecule has 0 aliphatic heterocycles. The second-order valence-corrected chi connectivity index (χ2v) is 5.19. The van der Waals surface area contributed by atoms with Crippen molar-refractivity contribution in [3.05, 3.63) is 29.8 Å². The summed E-state index contributed by atoms with van der Waals surface area (Å²) in [6.07, 6.45) is 0. The molecule has 18 heavy (non-hydrogen) atoms. The van der Waals surface area contributed by atoms with Gasteiger partial charge < -0.3 is 9.64 Å². The molecule has 0 N–H and O–H groups in total. The standard InChI is InChI=1S/C15H23NO2/c1-6-16(7-2)14(17)12-10-8-9-11-13(12)18-15(3,4)5/h8-11H,6-7H2,1-5H3. The lowest BCUT2D eigenvalue weighted by atomic mass is 10.1. The van der Waals surface area contributed by atoms with Gasteiger partial charge in [0.1, 0.15) is 11.4 Å². The number of carbonyl (C=O) groups is 1. The van der Waals surface area contributed by atoms with Crippen LogP contribution in [0.2, 0.25) is 0 Å². The molecule has 1 aromatic rings. The molecule has 1 amide bonds. The first-order chi connectivity index (χ1) is 8.39. The molecule has 100 valence electrons. The number of carbonyl (C=O) groups excluding carboxylic acids is 1. The van der Waals surface area contributed by atoms with Gasteiger partial charge in [0.15, 0.2) is 0 Å². The first-order valence-corrected chi connectivity index (χ1v) is 6.46. The Morgan fingerprint density at radius 2 is 1.72 bits per heavy atom. The molecule has 3 nitrogen and oxygen atoms in total. The number of para-hydroxylation sites is 1. The summed E-state index contributed by atoms with van der Waals surface area (Å²) >= 11 is 0. The van der Waals surface area contributed by atoms with Gasteiger partial charge in [-0.25, -0.2) is 0 Å². The van der Waals surface area contributed by atoms with Crippen molar-refractivity contribution in [1.82, 2.24) is 4.90 Å². The quantitative estimate of drug-likeness (QED) is 0.819. The van der Waals surface area contributed by atoms with E-state index in [1.165, 1.54) is 0 Å². The fourth-order valence-electron chi connectivity index (χ4n) is 1.74. The summed E-state index contributed by atoms with van der Waals surface area (Å²) in [5, 5.41) is 0. The Morgan fingerprint density at radius 1 is 1.17 bits per heavy atom. The molecule has 3 heteroatoms. The molecular weight excluding hydrogens is 226 g/mol. The number of benzene rings is 1. The zero-order chi connectivity index (χ0) is 13.8. The third-order valence-corrected chi connectivity index (χ3v) is 2.58. The van der Waals surface area contributed by atoms with Gasteiger partial charge in [-0.05, 0) is 46.8 Å². The zero-order valence-corrected chi connectivity index (χ0v) is 12.0. The smallest absolute Gasteiger partial charge is 0.257 e. The van der Waals surface area contributed by atoms with E-state index < -0.39 is 0 Å².